The molecule has 7 nitrogen and oxygen atoms in total. The van der Waals surface area contributed by atoms with Crippen molar-refractivity contribution in [2.75, 3.05) is 46.2 Å². The van der Waals surface area contributed by atoms with E-state index in [1.165, 1.54) is 11.1 Å². The second-order valence-corrected chi connectivity index (χ2v) is 8.45. The van der Waals surface area contributed by atoms with Crippen LogP contribution in [0.2, 0.25) is 0 Å². The van der Waals surface area contributed by atoms with Gasteiger partial charge in [0.1, 0.15) is 11.6 Å². The Morgan fingerprint density at radius 2 is 1.84 bits per heavy atom. The van der Waals surface area contributed by atoms with E-state index < -0.39 is 0 Å². The van der Waals surface area contributed by atoms with Crippen LogP contribution in [0.1, 0.15) is 23.2 Å². The van der Waals surface area contributed by atoms with Crippen LogP contribution in [-0.4, -0.2) is 65.6 Å². The molecule has 0 atom stereocenters. The Morgan fingerprint density at radius 3 is 2.56 bits per heavy atom. The Hall–Kier alpha value is -3.03. The quantitative estimate of drug-likeness (QED) is 0.519. The molecule has 3 aromatic rings. The van der Waals surface area contributed by atoms with Gasteiger partial charge < -0.3 is 15.0 Å². The summed E-state index contributed by atoms with van der Waals surface area (Å²) in [7, 11) is 5.90. The van der Waals surface area contributed by atoms with E-state index in [1.807, 2.05) is 24.3 Å². The molecule has 0 saturated carbocycles. The van der Waals surface area contributed by atoms with Crippen LogP contribution in [0, 0.1) is 0 Å². The molecule has 168 valence electrons. The lowest BCUT2D eigenvalue weighted by molar-refractivity contribution is 0.241. The van der Waals surface area contributed by atoms with Gasteiger partial charge in [-0.3, -0.25) is 9.88 Å². The number of nitrogens with zero attached hydrogens (tertiary/aromatic N) is 5. The van der Waals surface area contributed by atoms with Gasteiger partial charge in [0.2, 0.25) is 0 Å². The Morgan fingerprint density at radius 1 is 1.06 bits per heavy atom. The molecule has 32 heavy (non-hydrogen) atoms. The molecule has 0 amide bonds. The molecule has 1 N–H and O–H groups in total. The minimum Gasteiger partial charge on any atom is -0.497 e. The maximum absolute atomic E-state index is 5.28. The third-order valence-electron chi connectivity index (χ3n) is 5.72. The largest absolute Gasteiger partial charge is 0.497 e. The van der Waals surface area contributed by atoms with Crippen LogP contribution in [0.4, 0.5) is 5.82 Å². The molecule has 7 heteroatoms. The van der Waals surface area contributed by atoms with E-state index in [0.717, 1.165) is 74.2 Å². The minimum atomic E-state index is 0.757. The number of hydrogen-bond acceptors (Lipinski definition) is 7. The van der Waals surface area contributed by atoms with E-state index in [-0.39, 0.29) is 0 Å². The molecule has 2 aromatic heterocycles. The van der Waals surface area contributed by atoms with E-state index in [0.29, 0.717) is 0 Å². The summed E-state index contributed by atoms with van der Waals surface area (Å²) in [6.45, 7) is 4.64. The SMILES string of the molecule is COc1ccc(CN2CCc3c(nc(-c4ccncc4)nc3NCCCN(C)C)C2)cc1. The molecule has 4 rings (SSSR count). The number of ether oxygens (including phenoxy) is 1. The predicted octanol–water partition coefficient (Wildman–Crippen LogP) is 3.47. The third kappa shape index (κ3) is 5.60. The molecule has 3 heterocycles. The van der Waals surface area contributed by atoms with Gasteiger partial charge in [0.05, 0.1) is 12.8 Å². The monoisotopic (exact) mass is 432 g/mol. The van der Waals surface area contributed by atoms with Crippen LogP contribution >= 0.6 is 0 Å². The molecular weight excluding hydrogens is 400 g/mol. The van der Waals surface area contributed by atoms with Gasteiger partial charge in [-0.1, -0.05) is 12.1 Å². The fourth-order valence-corrected chi connectivity index (χ4v) is 3.99. The number of pyridine rings is 1. The van der Waals surface area contributed by atoms with Crippen LogP contribution in [0.5, 0.6) is 5.75 Å². The highest BCUT2D eigenvalue weighted by Gasteiger charge is 2.23. The van der Waals surface area contributed by atoms with Crippen LogP contribution < -0.4 is 10.1 Å². The predicted molar refractivity (Wildman–Crippen MR) is 128 cm³/mol. The highest BCUT2D eigenvalue weighted by molar-refractivity contribution is 5.59. The lowest BCUT2D eigenvalue weighted by Gasteiger charge is -2.29. The van der Waals surface area contributed by atoms with Crippen molar-refractivity contribution in [2.45, 2.75) is 25.9 Å². The van der Waals surface area contributed by atoms with E-state index in [2.05, 4.69) is 46.3 Å². The van der Waals surface area contributed by atoms with Crippen molar-refractivity contribution in [1.82, 2.24) is 24.8 Å². The minimum absolute atomic E-state index is 0.757. The molecule has 0 saturated heterocycles. The smallest absolute Gasteiger partial charge is 0.161 e. The van der Waals surface area contributed by atoms with E-state index in [1.54, 1.807) is 19.5 Å². The van der Waals surface area contributed by atoms with Crippen LogP contribution in [0.3, 0.4) is 0 Å². The van der Waals surface area contributed by atoms with Crippen molar-refractivity contribution in [3.63, 3.8) is 0 Å². The van der Waals surface area contributed by atoms with Crippen molar-refractivity contribution < 1.29 is 4.74 Å². The summed E-state index contributed by atoms with van der Waals surface area (Å²) in [5.41, 5.74) is 4.63. The maximum Gasteiger partial charge on any atom is 0.161 e. The summed E-state index contributed by atoms with van der Waals surface area (Å²) in [5, 5.41) is 3.59. The Labute approximate surface area is 190 Å². The second kappa shape index (κ2) is 10.5. The van der Waals surface area contributed by atoms with Crippen molar-refractivity contribution in [1.29, 1.82) is 0 Å². The first-order valence-electron chi connectivity index (χ1n) is 11.2. The average Bonchev–Trinajstić information content (AvgIpc) is 2.82. The van der Waals surface area contributed by atoms with Crippen molar-refractivity contribution in [3.8, 4) is 17.1 Å². The van der Waals surface area contributed by atoms with Crippen LogP contribution in [0.15, 0.2) is 48.8 Å². The summed E-state index contributed by atoms with van der Waals surface area (Å²) < 4.78 is 5.28. The molecule has 1 aliphatic heterocycles. The zero-order valence-electron chi connectivity index (χ0n) is 19.2. The first-order chi connectivity index (χ1) is 15.6. The van der Waals surface area contributed by atoms with Gasteiger partial charge in [0.15, 0.2) is 5.82 Å². The zero-order chi connectivity index (χ0) is 22.3. The molecule has 1 aliphatic rings. The van der Waals surface area contributed by atoms with E-state index in [9.17, 15) is 0 Å². The first kappa shape index (κ1) is 22.2. The van der Waals surface area contributed by atoms with Gasteiger partial charge in [0, 0.05) is 49.7 Å². The summed E-state index contributed by atoms with van der Waals surface area (Å²) >= 11 is 0. The van der Waals surface area contributed by atoms with Gasteiger partial charge in [-0.05, 0) is 63.3 Å². The molecule has 0 aliphatic carbocycles. The topological polar surface area (TPSA) is 66.4 Å². The van der Waals surface area contributed by atoms with Crippen molar-refractivity contribution in [3.05, 3.63) is 65.6 Å². The number of aromatic nitrogens is 3. The third-order valence-corrected chi connectivity index (χ3v) is 5.72. The lowest BCUT2D eigenvalue weighted by Crippen LogP contribution is -2.32. The van der Waals surface area contributed by atoms with Gasteiger partial charge in [-0.25, -0.2) is 9.97 Å². The average molecular weight is 433 g/mol. The normalized spacial score (nSPS) is 13.8. The molecule has 0 fully saturated rings. The zero-order valence-corrected chi connectivity index (χ0v) is 19.2. The molecule has 0 radical (unpaired) electrons. The fraction of sp³-hybridized carbons (Fsp3) is 0.400. The van der Waals surface area contributed by atoms with Gasteiger partial charge >= 0.3 is 0 Å². The Bertz CT molecular complexity index is 1010. The van der Waals surface area contributed by atoms with E-state index >= 15 is 0 Å². The Kier molecular flexibility index (Phi) is 7.29. The number of methoxy groups -OCH3 is 1. The number of hydrogen-bond donors (Lipinski definition) is 1. The summed E-state index contributed by atoms with van der Waals surface area (Å²) in [6.07, 6.45) is 5.59. The van der Waals surface area contributed by atoms with Crippen molar-refractivity contribution in [2.24, 2.45) is 0 Å². The number of anilines is 1. The molecule has 1 aromatic carbocycles. The fourth-order valence-electron chi connectivity index (χ4n) is 3.99. The second-order valence-electron chi connectivity index (χ2n) is 8.45. The highest BCUT2D eigenvalue weighted by atomic mass is 16.5. The summed E-state index contributed by atoms with van der Waals surface area (Å²) in [4.78, 5) is 18.7. The molecule has 0 unspecified atom stereocenters. The summed E-state index contributed by atoms with van der Waals surface area (Å²) in [6, 6.07) is 12.2. The number of rotatable bonds is 9. The molecular formula is C25H32N6O. The first-order valence-corrected chi connectivity index (χ1v) is 11.2. The van der Waals surface area contributed by atoms with Crippen LogP contribution in [0.25, 0.3) is 11.4 Å². The van der Waals surface area contributed by atoms with Crippen LogP contribution in [-0.2, 0) is 19.5 Å². The number of fused-ring (bicyclic) bond motifs is 1. The van der Waals surface area contributed by atoms with Crippen molar-refractivity contribution >= 4 is 5.82 Å². The summed E-state index contributed by atoms with van der Waals surface area (Å²) in [5.74, 6) is 2.62. The van der Waals surface area contributed by atoms with Gasteiger partial charge in [0.25, 0.3) is 0 Å². The molecule has 0 spiro atoms. The lowest BCUT2D eigenvalue weighted by atomic mass is 10.0. The standard InChI is InChI=1S/C25H32N6O/c1-30(2)15-4-12-27-25-22-11-16-31(17-19-5-7-21(32-3)8-6-19)18-23(22)28-24(29-25)20-9-13-26-14-10-20/h5-10,13-14H,4,11-12,15-18H2,1-3H3,(H,27,28,29). The maximum atomic E-state index is 5.28. The number of nitrogens with one attached hydrogen (secondary N) is 1. The number of benzene rings is 1. The highest BCUT2D eigenvalue weighted by Crippen LogP contribution is 2.28. The van der Waals surface area contributed by atoms with E-state index in [4.69, 9.17) is 14.7 Å². The van der Waals surface area contributed by atoms with Gasteiger partial charge in [-0.2, -0.15) is 0 Å². The molecule has 0 bridgehead atoms. The Balaban J connectivity index is 1.54. The van der Waals surface area contributed by atoms with Gasteiger partial charge in [-0.15, -0.1) is 0 Å².